The largest absolute Gasteiger partial charge is 0.444 e. The zero-order valence-corrected chi connectivity index (χ0v) is 74.0. The van der Waals surface area contributed by atoms with Crippen LogP contribution in [0.25, 0.3) is 69.3 Å². The number of nitrogens with zero attached hydrogens (tertiary/aromatic N) is 8. The molecule has 5 N–H and O–H groups in total. The number of hydrogen-bond acceptors (Lipinski definition) is 10. The summed E-state index contributed by atoms with van der Waals surface area (Å²) in [6.07, 6.45) is 32.9. The number of allylic oxidation sites excluding steroid dienone is 4. The quantitative estimate of drug-likeness (QED) is 0.0267. The van der Waals surface area contributed by atoms with E-state index in [1.54, 1.807) is 62.6 Å². The molecule has 0 spiro atoms. The van der Waals surface area contributed by atoms with Gasteiger partial charge in [-0.25, -0.2) is 47.1 Å². The molecule has 4 aliphatic carbocycles. The lowest BCUT2D eigenvalue weighted by atomic mass is 9.62. The van der Waals surface area contributed by atoms with E-state index in [4.69, 9.17) is 32.7 Å². The van der Waals surface area contributed by atoms with Gasteiger partial charge in [-0.3, -0.25) is 4.79 Å². The minimum Gasteiger partial charge on any atom is -0.444 e. The number of imidazole rings is 4. The van der Waals surface area contributed by atoms with E-state index in [0.29, 0.717) is 43.2 Å². The number of carbonyl (C=O) groups is 3. The average molecular weight is 1700 g/mol. The number of urea groups is 1. The summed E-state index contributed by atoms with van der Waals surface area (Å²) in [6, 6.07) is 26.1. The first kappa shape index (κ1) is 92.2. The summed E-state index contributed by atoms with van der Waals surface area (Å²) in [5.41, 5.74) is 19.4. The number of aliphatic hydroxyl groups is 1. The highest BCUT2D eigenvalue weighted by molar-refractivity contribution is 6.40. The van der Waals surface area contributed by atoms with Crippen molar-refractivity contribution in [3.8, 4) is 45.0 Å². The number of carbonyl (C=O) groups excluding carboxylic acids is 3. The maximum Gasteiger partial charge on any atom is 0.407 e. The number of ether oxygens (including phenoxy) is 2. The fourth-order valence-corrected chi connectivity index (χ4v) is 19.5. The number of benzene rings is 4. The van der Waals surface area contributed by atoms with Crippen molar-refractivity contribution >= 4 is 65.5 Å². The van der Waals surface area contributed by atoms with Crippen molar-refractivity contribution in [1.29, 1.82) is 0 Å². The van der Waals surface area contributed by atoms with Crippen LogP contribution >= 0.6 is 23.2 Å². The Labute approximate surface area is 721 Å². The van der Waals surface area contributed by atoms with Crippen LogP contribution in [-0.4, -0.2) is 111 Å². The Morgan fingerprint density at radius 1 is 0.496 bits per heavy atom. The Morgan fingerprint density at radius 2 is 0.769 bits per heavy atom. The van der Waals surface area contributed by atoms with Crippen LogP contribution in [0.5, 0.6) is 0 Å². The lowest BCUT2D eigenvalue weighted by Gasteiger charge is -2.46. The van der Waals surface area contributed by atoms with Crippen LogP contribution in [0, 0.1) is 68.6 Å². The Bertz CT molecular complexity index is 4880. The summed E-state index contributed by atoms with van der Waals surface area (Å²) < 4.78 is 72.6. The number of aromatic nitrogens is 8. The SMILES string of the molecule is C=C=C.CC(=O)NCC[C@H]1CCCC2=Cc3c(-c4ccc(F)cc4)ncn3C[C@@]21C.CC(C)(C)NC(=O)NCC[C@H]1CCCC2=Cc3c(-c4ccc(F)cc4)ncn3C[C@@]21C.CC(C)(C)OC(=O)NCC[C@H]1CCCC2=Cc3c(-c4ccc(F)cc4)ncn3C[C@@]21C.COC(O)C[C@H]1CCCC2=Cc3c(-c4ccc(F)cc4)ncn3C[C@@]21C.ClCCl. The van der Waals surface area contributed by atoms with Gasteiger partial charge in [0.05, 0.1) is 76.2 Å². The van der Waals surface area contributed by atoms with Crippen molar-refractivity contribution < 1.29 is 46.5 Å². The van der Waals surface area contributed by atoms with E-state index in [9.17, 15) is 37.1 Å². The Kier molecular flexibility index (Phi) is 30.6. The molecule has 4 aliphatic heterocycles. The first-order valence-electron chi connectivity index (χ1n) is 42.6. The van der Waals surface area contributed by atoms with Gasteiger partial charge in [0.1, 0.15) is 28.9 Å². The summed E-state index contributed by atoms with van der Waals surface area (Å²) in [5, 5.41) is 22.0. The Balaban J connectivity index is 0.000000154. The molecule has 18 nitrogen and oxygen atoms in total. The molecule has 4 aromatic heterocycles. The van der Waals surface area contributed by atoms with Gasteiger partial charge in [-0.15, -0.1) is 28.9 Å². The highest BCUT2D eigenvalue weighted by Crippen LogP contribution is 2.56. The fraction of sp³-hybridized carbons (Fsp3) is 0.485. The van der Waals surface area contributed by atoms with E-state index < -0.39 is 11.9 Å². The number of alkyl halides is 2. The van der Waals surface area contributed by atoms with E-state index in [1.807, 2.05) is 66.9 Å². The molecule has 24 heteroatoms. The smallest absolute Gasteiger partial charge is 0.407 e. The van der Waals surface area contributed by atoms with Gasteiger partial charge in [0.25, 0.3) is 0 Å². The summed E-state index contributed by atoms with van der Waals surface area (Å²) in [6.45, 7) is 34.3. The van der Waals surface area contributed by atoms with Crippen molar-refractivity contribution in [3.05, 3.63) is 210 Å². The third-order valence-electron chi connectivity index (χ3n) is 25.8. The predicted octanol–water partition coefficient (Wildman–Crippen LogP) is 22.2. The Morgan fingerprint density at radius 3 is 1.04 bits per heavy atom. The molecule has 8 heterocycles. The molecule has 16 rings (SSSR count). The Hall–Kier alpha value is -9.57. The van der Waals surface area contributed by atoms with Crippen LogP contribution in [0.15, 0.2) is 164 Å². The molecule has 648 valence electrons. The number of halogens is 6. The molecule has 1 unspecified atom stereocenters. The van der Waals surface area contributed by atoms with E-state index in [-0.39, 0.29) is 73.8 Å². The van der Waals surface area contributed by atoms with Crippen molar-refractivity contribution in [2.75, 3.05) is 32.1 Å². The van der Waals surface area contributed by atoms with Crippen molar-refractivity contribution in [2.45, 2.75) is 223 Å². The maximum absolute atomic E-state index is 13.3. The number of hydrogen-bond donors (Lipinski definition) is 5. The molecule has 4 fully saturated rings. The second-order valence-electron chi connectivity index (χ2n) is 36.3. The molecule has 0 radical (unpaired) electrons. The molecule has 8 aromatic rings. The topological polar surface area (TPSA) is 209 Å². The lowest BCUT2D eigenvalue weighted by molar-refractivity contribution is -0.119. The third-order valence-corrected chi connectivity index (χ3v) is 25.8. The normalized spacial score (nSPS) is 22.9. The van der Waals surface area contributed by atoms with Crippen LogP contribution in [-0.2, 0) is 40.4 Å². The second kappa shape index (κ2) is 40.2. The van der Waals surface area contributed by atoms with Gasteiger partial charge in [0.15, 0.2) is 6.29 Å². The highest BCUT2D eigenvalue weighted by atomic mass is 35.5. The standard InChI is InChI=1S/C25H33FN4O.C25H32FN3O2.C22H26FN3O.C21H25FN2O2.C3H4.CH2Cl2/c1-24(2,3)29-23(31)27-13-12-18-6-5-7-19-14-21-22(17-8-10-20(26)11-9-17)28-16-30(21)15-25(18,19)4;1-24(2,3)31-23(30)27-13-12-18-6-5-7-19-14-21-22(17-8-10-20(26)11-9-17)28-16-29(21)15-25(18,19)4;1-15(27)24-11-10-17-4-3-5-18-12-20-21(16-6-8-19(23)9-7-16)25-14-26(20)13-22(17,18)2;1-21-12-24-13-23-20(14-6-8-17(22)9-7-14)18(24)10-15(21)4-3-5-16(21)11-19(25)26-2;1-3-2;2-1-3/h8-11,14,16,18H,5-7,12-13,15H2,1-4H3,(H2,27,29,31);8-11,14,16,18H,5-7,12-13,15H2,1-4H3,(H,27,30);6-9,12,14,17H,3-5,10-11,13H2,1-2H3,(H,24,27);6-10,13,16,19,25H,3-5,11-12H2,1-2H3;1-2H2;1H2/t2*18-,25-;17-,22-;16-,19?,21+;;/m1111../s1. The molecular weight excluding hydrogens is 1580 g/mol. The van der Waals surface area contributed by atoms with Gasteiger partial charge in [-0.05, 0) is 283 Å². The van der Waals surface area contributed by atoms with Crippen molar-refractivity contribution in [3.63, 3.8) is 0 Å². The number of alkyl carbamates (subject to hydrolysis) is 1. The molecule has 0 saturated heterocycles. The van der Waals surface area contributed by atoms with E-state index in [0.717, 1.165) is 171 Å². The molecule has 4 aromatic carbocycles. The first-order valence-corrected chi connectivity index (χ1v) is 43.7. The van der Waals surface area contributed by atoms with E-state index in [2.05, 4.69) is 130 Å². The number of nitrogens with one attached hydrogen (secondary N) is 4. The van der Waals surface area contributed by atoms with E-state index in [1.165, 1.54) is 96.5 Å². The summed E-state index contributed by atoms with van der Waals surface area (Å²) >= 11 is 9.53. The van der Waals surface area contributed by atoms with Crippen molar-refractivity contribution in [1.82, 2.24) is 59.5 Å². The molecule has 121 heavy (non-hydrogen) atoms. The lowest BCUT2D eigenvalue weighted by Crippen LogP contribution is -2.47. The fourth-order valence-electron chi connectivity index (χ4n) is 19.5. The molecule has 0 bridgehead atoms. The van der Waals surface area contributed by atoms with Gasteiger partial charge in [0, 0.05) is 116 Å². The van der Waals surface area contributed by atoms with Crippen LogP contribution in [0.1, 0.15) is 202 Å². The summed E-state index contributed by atoms with van der Waals surface area (Å²) in [7, 11) is 1.55. The average Bonchev–Trinajstić information content (AvgIpc) is 1.69. The van der Waals surface area contributed by atoms with Gasteiger partial charge in [-0.2, -0.15) is 0 Å². The molecule has 9 atom stereocenters. The molecule has 8 aliphatic rings. The van der Waals surface area contributed by atoms with Crippen molar-refractivity contribution in [2.24, 2.45) is 45.3 Å². The molecular formula is C97H122Cl2F4N12O6. The third kappa shape index (κ3) is 22.5. The number of methoxy groups -OCH3 is 1. The van der Waals surface area contributed by atoms with Gasteiger partial charge in [0.2, 0.25) is 5.91 Å². The van der Waals surface area contributed by atoms with Crippen LogP contribution in [0.3, 0.4) is 0 Å². The number of amides is 4. The minimum atomic E-state index is -0.713. The zero-order valence-electron chi connectivity index (χ0n) is 72.5. The van der Waals surface area contributed by atoms with E-state index >= 15 is 0 Å². The predicted molar refractivity (Wildman–Crippen MR) is 476 cm³/mol. The number of fused-ring (bicyclic) bond motifs is 8. The van der Waals surface area contributed by atoms with Gasteiger partial charge < -0.3 is 54.1 Å². The molecule has 4 amide bonds. The van der Waals surface area contributed by atoms with Gasteiger partial charge >= 0.3 is 12.1 Å². The zero-order chi connectivity index (χ0) is 87.2. The van der Waals surface area contributed by atoms with Gasteiger partial charge in [-0.1, -0.05) is 63.1 Å². The number of aliphatic hydroxyl groups excluding tert-OH is 1. The monoisotopic (exact) mass is 1700 g/mol. The highest BCUT2D eigenvalue weighted by Gasteiger charge is 2.48. The van der Waals surface area contributed by atoms with Crippen LogP contribution in [0.4, 0.5) is 27.2 Å². The summed E-state index contributed by atoms with van der Waals surface area (Å²) in [4.78, 5) is 53.9. The number of rotatable bonds is 16. The second-order valence-corrected chi connectivity index (χ2v) is 37.2. The van der Waals surface area contributed by atoms with Crippen LogP contribution in [0.2, 0.25) is 0 Å². The summed E-state index contributed by atoms with van der Waals surface area (Å²) in [5.74, 6) is 1.01. The minimum absolute atomic E-state index is 0.00548. The first-order chi connectivity index (χ1) is 57.6. The molecule has 4 saturated carbocycles. The van der Waals surface area contributed by atoms with Crippen LogP contribution < -0.4 is 21.3 Å². The maximum atomic E-state index is 13.3.